The molecule has 0 aliphatic heterocycles. The van der Waals surface area contributed by atoms with E-state index in [0.717, 1.165) is 0 Å². The molecule has 3 N–H and O–H groups in total. The summed E-state index contributed by atoms with van der Waals surface area (Å²) in [7, 11) is 0. The lowest BCUT2D eigenvalue weighted by molar-refractivity contribution is 0.450. The summed E-state index contributed by atoms with van der Waals surface area (Å²) < 4.78 is 0. The summed E-state index contributed by atoms with van der Waals surface area (Å²) >= 11 is 1.32. The number of hydrogen-bond donors (Lipinski definition) is 3. The largest absolute Gasteiger partial charge is 0.508 e. The molecule has 0 aliphatic rings. The van der Waals surface area contributed by atoms with Gasteiger partial charge in [-0.1, -0.05) is 11.3 Å². The molecule has 2 rings (SSSR count). The number of nitrogens with zero attached hydrogens (tertiary/aromatic N) is 3. The lowest BCUT2D eigenvalue weighted by Gasteiger charge is -1.98. The van der Waals surface area contributed by atoms with Crippen LogP contribution < -0.4 is 5.43 Å². The van der Waals surface area contributed by atoms with E-state index >= 15 is 0 Å². The monoisotopic (exact) mass is 236 g/mol. The summed E-state index contributed by atoms with van der Waals surface area (Å²) in [6, 6.07) is 4.26. The Morgan fingerprint density at radius 2 is 2.25 bits per heavy atom. The van der Waals surface area contributed by atoms with E-state index in [-0.39, 0.29) is 11.5 Å². The predicted octanol–water partition coefficient (Wildman–Crippen LogP) is 1.40. The topological polar surface area (TPSA) is 90.6 Å². The number of phenols is 2. The van der Waals surface area contributed by atoms with Crippen molar-refractivity contribution >= 4 is 22.7 Å². The van der Waals surface area contributed by atoms with Crippen LogP contribution in [0.3, 0.4) is 0 Å². The maximum Gasteiger partial charge on any atom is 0.225 e. The van der Waals surface area contributed by atoms with Crippen LogP contribution in [0, 0.1) is 0 Å². The van der Waals surface area contributed by atoms with Crippen molar-refractivity contribution in [2.24, 2.45) is 5.10 Å². The maximum atomic E-state index is 9.44. The van der Waals surface area contributed by atoms with Crippen LogP contribution in [0.15, 0.2) is 28.8 Å². The molecule has 1 heterocycles. The van der Waals surface area contributed by atoms with Gasteiger partial charge in [0.2, 0.25) is 5.13 Å². The highest BCUT2D eigenvalue weighted by Crippen LogP contribution is 2.20. The Morgan fingerprint density at radius 3 is 2.94 bits per heavy atom. The van der Waals surface area contributed by atoms with Crippen LogP contribution in [0.4, 0.5) is 5.13 Å². The molecule has 0 spiro atoms. The number of anilines is 1. The van der Waals surface area contributed by atoms with Gasteiger partial charge in [0.1, 0.15) is 17.0 Å². The highest BCUT2D eigenvalue weighted by molar-refractivity contribution is 7.13. The Kier molecular flexibility index (Phi) is 2.97. The zero-order valence-corrected chi connectivity index (χ0v) is 8.85. The fourth-order valence-corrected chi connectivity index (χ4v) is 1.41. The van der Waals surface area contributed by atoms with Gasteiger partial charge in [-0.25, -0.2) is 0 Å². The lowest BCUT2D eigenvalue weighted by Crippen LogP contribution is -1.90. The van der Waals surface area contributed by atoms with Gasteiger partial charge >= 0.3 is 0 Å². The van der Waals surface area contributed by atoms with Crippen LogP contribution in [-0.2, 0) is 0 Å². The number of aromatic hydroxyl groups is 2. The first-order valence-electron chi connectivity index (χ1n) is 4.33. The van der Waals surface area contributed by atoms with E-state index in [9.17, 15) is 5.11 Å². The minimum Gasteiger partial charge on any atom is -0.508 e. The molecule has 0 bridgehead atoms. The second-order valence-corrected chi connectivity index (χ2v) is 3.69. The molecule has 1 aromatic carbocycles. The highest BCUT2D eigenvalue weighted by Gasteiger charge is 1.99. The predicted molar refractivity (Wildman–Crippen MR) is 60.9 cm³/mol. The SMILES string of the molecule is Oc1ccc(/C=N/Nc2nncs2)c(O)c1. The van der Waals surface area contributed by atoms with Gasteiger partial charge in [-0.3, -0.25) is 5.43 Å². The van der Waals surface area contributed by atoms with Gasteiger partial charge in [-0.15, -0.1) is 10.2 Å². The number of hydrazone groups is 1. The minimum absolute atomic E-state index is 0.00623. The highest BCUT2D eigenvalue weighted by atomic mass is 32.1. The minimum atomic E-state index is -0.0391. The number of rotatable bonds is 3. The Bertz CT molecular complexity index is 498. The fraction of sp³-hybridized carbons (Fsp3) is 0. The first-order valence-corrected chi connectivity index (χ1v) is 5.21. The van der Waals surface area contributed by atoms with Gasteiger partial charge in [0.15, 0.2) is 0 Å². The summed E-state index contributed by atoms with van der Waals surface area (Å²) in [6.45, 7) is 0. The number of benzene rings is 1. The van der Waals surface area contributed by atoms with Crippen LogP contribution in [0.5, 0.6) is 11.5 Å². The molecule has 0 saturated carbocycles. The Morgan fingerprint density at radius 1 is 1.38 bits per heavy atom. The zero-order valence-electron chi connectivity index (χ0n) is 8.03. The summed E-state index contributed by atoms with van der Waals surface area (Å²) in [6.07, 6.45) is 1.43. The summed E-state index contributed by atoms with van der Waals surface area (Å²) in [5, 5.41) is 30.3. The van der Waals surface area contributed by atoms with Crippen molar-refractivity contribution in [2.75, 3.05) is 5.43 Å². The van der Waals surface area contributed by atoms with Gasteiger partial charge in [0, 0.05) is 11.6 Å². The number of hydrogen-bond acceptors (Lipinski definition) is 7. The van der Waals surface area contributed by atoms with E-state index in [1.54, 1.807) is 11.6 Å². The molecule has 2 aromatic rings. The van der Waals surface area contributed by atoms with Gasteiger partial charge in [-0.2, -0.15) is 5.10 Å². The molecule has 0 radical (unpaired) electrons. The molecule has 0 saturated heterocycles. The molecule has 0 unspecified atom stereocenters. The molecule has 7 heteroatoms. The lowest BCUT2D eigenvalue weighted by atomic mass is 10.2. The van der Waals surface area contributed by atoms with Crippen molar-refractivity contribution in [3.63, 3.8) is 0 Å². The van der Waals surface area contributed by atoms with Crippen molar-refractivity contribution in [1.82, 2.24) is 10.2 Å². The standard InChI is InChI=1S/C9H8N4O2S/c14-7-2-1-6(8(15)3-7)4-10-12-9-13-11-5-16-9/h1-5,14-15H,(H,12,13)/b10-4+. The van der Waals surface area contributed by atoms with Crippen molar-refractivity contribution in [1.29, 1.82) is 0 Å². The quantitative estimate of drug-likeness (QED) is 0.553. The molecule has 0 aliphatic carbocycles. The van der Waals surface area contributed by atoms with Crippen molar-refractivity contribution < 1.29 is 10.2 Å². The van der Waals surface area contributed by atoms with Gasteiger partial charge in [-0.05, 0) is 12.1 Å². The summed E-state index contributed by atoms with van der Waals surface area (Å²) in [4.78, 5) is 0. The second kappa shape index (κ2) is 4.58. The average Bonchev–Trinajstić information content (AvgIpc) is 2.74. The van der Waals surface area contributed by atoms with Gasteiger partial charge in [0.25, 0.3) is 0 Å². The van der Waals surface area contributed by atoms with E-state index in [4.69, 9.17) is 5.11 Å². The zero-order chi connectivity index (χ0) is 11.4. The molecule has 82 valence electrons. The van der Waals surface area contributed by atoms with Crippen molar-refractivity contribution in [2.45, 2.75) is 0 Å². The normalized spacial score (nSPS) is 10.8. The average molecular weight is 236 g/mol. The van der Waals surface area contributed by atoms with Crippen LogP contribution >= 0.6 is 11.3 Å². The number of aromatic nitrogens is 2. The first kappa shape index (κ1) is 10.4. The van der Waals surface area contributed by atoms with Crippen LogP contribution in [0.1, 0.15) is 5.56 Å². The van der Waals surface area contributed by atoms with E-state index in [0.29, 0.717) is 10.7 Å². The molecule has 1 aromatic heterocycles. The van der Waals surface area contributed by atoms with E-state index < -0.39 is 0 Å². The third kappa shape index (κ3) is 2.45. The summed E-state index contributed by atoms with van der Waals surface area (Å²) in [5.74, 6) is -0.0328. The van der Waals surface area contributed by atoms with Gasteiger partial charge in [0.05, 0.1) is 6.21 Å². The Labute approximate surface area is 94.9 Å². The molecular formula is C9H8N4O2S. The van der Waals surface area contributed by atoms with E-state index in [2.05, 4.69) is 20.7 Å². The van der Waals surface area contributed by atoms with E-state index in [1.807, 2.05) is 0 Å². The van der Waals surface area contributed by atoms with Crippen LogP contribution in [0.2, 0.25) is 0 Å². The fourth-order valence-electron chi connectivity index (χ4n) is 1.02. The third-order valence-electron chi connectivity index (χ3n) is 1.74. The smallest absolute Gasteiger partial charge is 0.225 e. The number of nitrogens with one attached hydrogen (secondary N) is 1. The molecule has 0 atom stereocenters. The van der Waals surface area contributed by atoms with Crippen molar-refractivity contribution in [3.8, 4) is 11.5 Å². The van der Waals surface area contributed by atoms with Crippen LogP contribution in [-0.4, -0.2) is 26.6 Å². The molecule has 0 fully saturated rings. The number of phenolic OH excluding ortho intramolecular Hbond substituents is 2. The second-order valence-electron chi connectivity index (χ2n) is 2.86. The molecule has 16 heavy (non-hydrogen) atoms. The molecular weight excluding hydrogens is 228 g/mol. The maximum absolute atomic E-state index is 9.44. The Hall–Kier alpha value is -2.15. The molecule has 0 amide bonds. The Balaban J connectivity index is 2.06. The van der Waals surface area contributed by atoms with Crippen LogP contribution in [0.25, 0.3) is 0 Å². The molecule has 6 nitrogen and oxygen atoms in total. The van der Waals surface area contributed by atoms with Crippen molar-refractivity contribution in [3.05, 3.63) is 29.3 Å². The first-order chi connectivity index (χ1) is 7.75. The van der Waals surface area contributed by atoms with Gasteiger partial charge < -0.3 is 10.2 Å². The summed E-state index contributed by atoms with van der Waals surface area (Å²) in [5.41, 5.74) is 4.73. The van der Waals surface area contributed by atoms with E-state index in [1.165, 1.54) is 29.7 Å². The third-order valence-corrected chi connectivity index (χ3v) is 2.33.